The van der Waals surface area contributed by atoms with Gasteiger partial charge in [-0.1, -0.05) is 0 Å². The van der Waals surface area contributed by atoms with Gasteiger partial charge in [0.25, 0.3) is 0 Å². The SMILES string of the molecule is CCOC(C)(C)CNC(=O)OC(C)C. The fourth-order valence-electron chi connectivity index (χ4n) is 0.983. The molecule has 0 bridgehead atoms. The Kier molecular flexibility index (Phi) is 5.53. The molecule has 84 valence electrons. The topological polar surface area (TPSA) is 47.6 Å². The van der Waals surface area contributed by atoms with Crippen molar-refractivity contribution in [2.75, 3.05) is 13.2 Å². The molecule has 4 nitrogen and oxygen atoms in total. The highest BCUT2D eigenvalue weighted by Crippen LogP contribution is 2.06. The van der Waals surface area contributed by atoms with Crippen LogP contribution in [0.15, 0.2) is 0 Å². The van der Waals surface area contributed by atoms with Gasteiger partial charge in [0.2, 0.25) is 0 Å². The Morgan fingerprint density at radius 2 is 2.00 bits per heavy atom. The lowest BCUT2D eigenvalue weighted by atomic mass is 10.1. The number of rotatable bonds is 5. The van der Waals surface area contributed by atoms with Gasteiger partial charge in [-0.3, -0.25) is 0 Å². The minimum atomic E-state index is -0.396. The van der Waals surface area contributed by atoms with Crippen LogP contribution >= 0.6 is 0 Å². The van der Waals surface area contributed by atoms with Crippen molar-refractivity contribution in [3.63, 3.8) is 0 Å². The summed E-state index contributed by atoms with van der Waals surface area (Å²) >= 11 is 0. The summed E-state index contributed by atoms with van der Waals surface area (Å²) in [6.07, 6.45) is -0.488. The molecule has 0 radical (unpaired) electrons. The van der Waals surface area contributed by atoms with Crippen LogP contribution in [0, 0.1) is 0 Å². The maximum Gasteiger partial charge on any atom is 0.407 e. The van der Waals surface area contributed by atoms with E-state index in [0.29, 0.717) is 13.2 Å². The summed E-state index contributed by atoms with van der Waals surface area (Å²) in [6, 6.07) is 0. The highest BCUT2D eigenvalue weighted by molar-refractivity contribution is 5.67. The Balaban J connectivity index is 3.75. The van der Waals surface area contributed by atoms with Crippen molar-refractivity contribution >= 4 is 6.09 Å². The summed E-state index contributed by atoms with van der Waals surface area (Å²) in [5.41, 5.74) is -0.343. The molecule has 1 amide bonds. The molecule has 0 aromatic heterocycles. The van der Waals surface area contributed by atoms with Gasteiger partial charge in [0, 0.05) is 13.2 Å². The second-order valence-electron chi connectivity index (χ2n) is 4.00. The molecule has 1 N–H and O–H groups in total. The molecule has 0 atom stereocenters. The van der Waals surface area contributed by atoms with E-state index in [9.17, 15) is 4.79 Å². The van der Waals surface area contributed by atoms with Crippen molar-refractivity contribution in [2.24, 2.45) is 0 Å². The molecule has 0 aliphatic rings. The first-order valence-corrected chi connectivity index (χ1v) is 4.96. The Hall–Kier alpha value is -0.770. The minimum absolute atomic E-state index is 0.0924. The van der Waals surface area contributed by atoms with Gasteiger partial charge in [-0.2, -0.15) is 0 Å². The van der Waals surface area contributed by atoms with Crippen molar-refractivity contribution in [1.29, 1.82) is 0 Å². The number of carbonyl (C=O) groups is 1. The number of nitrogens with one attached hydrogen (secondary N) is 1. The van der Waals surface area contributed by atoms with E-state index in [4.69, 9.17) is 9.47 Å². The molecule has 0 saturated heterocycles. The molecule has 0 unspecified atom stereocenters. The number of alkyl carbamates (subject to hydrolysis) is 1. The quantitative estimate of drug-likeness (QED) is 0.742. The van der Waals surface area contributed by atoms with Crippen molar-refractivity contribution in [3.05, 3.63) is 0 Å². The fourth-order valence-corrected chi connectivity index (χ4v) is 0.983. The van der Waals surface area contributed by atoms with Crippen molar-refractivity contribution < 1.29 is 14.3 Å². The predicted molar refractivity (Wildman–Crippen MR) is 55.3 cm³/mol. The molecular weight excluding hydrogens is 182 g/mol. The largest absolute Gasteiger partial charge is 0.447 e. The second-order valence-corrected chi connectivity index (χ2v) is 4.00. The van der Waals surface area contributed by atoms with Gasteiger partial charge in [-0.05, 0) is 34.6 Å². The van der Waals surface area contributed by atoms with Gasteiger partial charge >= 0.3 is 6.09 Å². The lowest BCUT2D eigenvalue weighted by molar-refractivity contribution is -0.00966. The van der Waals surface area contributed by atoms with E-state index < -0.39 is 6.09 Å². The molecule has 0 aliphatic carbocycles. The zero-order valence-electron chi connectivity index (χ0n) is 9.72. The van der Waals surface area contributed by atoms with Crippen LogP contribution in [0.2, 0.25) is 0 Å². The normalized spacial score (nSPS) is 11.6. The summed E-state index contributed by atoms with van der Waals surface area (Å²) in [6.45, 7) is 10.5. The lowest BCUT2D eigenvalue weighted by Gasteiger charge is -2.24. The summed E-state index contributed by atoms with van der Waals surface area (Å²) in [7, 11) is 0. The average molecular weight is 203 g/mol. The first kappa shape index (κ1) is 13.2. The molecular formula is C10H21NO3. The van der Waals surface area contributed by atoms with E-state index >= 15 is 0 Å². The Morgan fingerprint density at radius 1 is 1.43 bits per heavy atom. The maximum absolute atomic E-state index is 11.1. The number of hydrogen-bond acceptors (Lipinski definition) is 3. The van der Waals surface area contributed by atoms with Crippen molar-refractivity contribution in [1.82, 2.24) is 5.32 Å². The average Bonchev–Trinajstić information content (AvgIpc) is 2.00. The highest BCUT2D eigenvalue weighted by Gasteiger charge is 2.19. The van der Waals surface area contributed by atoms with Gasteiger partial charge in [-0.25, -0.2) is 4.79 Å². The van der Waals surface area contributed by atoms with Gasteiger partial charge in [0.15, 0.2) is 0 Å². The van der Waals surface area contributed by atoms with Gasteiger partial charge in [0.1, 0.15) is 0 Å². The molecule has 0 aromatic rings. The molecule has 0 heterocycles. The number of carbonyl (C=O) groups excluding carboxylic acids is 1. The first-order valence-electron chi connectivity index (χ1n) is 4.96. The minimum Gasteiger partial charge on any atom is -0.447 e. The van der Waals surface area contributed by atoms with Crippen LogP contribution in [0.3, 0.4) is 0 Å². The standard InChI is InChI=1S/C10H21NO3/c1-6-13-10(4,5)7-11-9(12)14-8(2)3/h8H,6-7H2,1-5H3,(H,11,12). The zero-order chi connectivity index (χ0) is 11.2. The molecule has 0 fully saturated rings. The van der Waals surface area contributed by atoms with Gasteiger partial charge < -0.3 is 14.8 Å². The number of amides is 1. The highest BCUT2D eigenvalue weighted by atomic mass is 16.6. The van der Waals surface area contributed by atoms with E-state index in [1.54, 1.807) is 0 Å². The van der Waals surface area contributed by atoms with E-state index in [-0.39, 0.29) is 11.7 Å². The Morgan fingerprint density at radius 3 is 2.43 bits per heavy atom. The van der Waals surface area contributed by atoms with Crippen LogP contribution in [0.25, 0.3) is 0 Å². The molecule has 14 heavy (non-hydrogen) atoms. The molecule has 4 heteroatoms. The fraction of sp³-hybridized carbons (Fsp3) is 0.900. The Labute approximate surface area is 86.0 Å². The number of ether oxygens (including phenoxy) is 2. The summed E-state index contributed by atoms with van der Waals surface area (Å²) in [5, 5.41) is 2.65. The summed E-state index contributed by atoms with van der Waals surface area (Å²) in [5.74, 6) is 0. The molecule has 0 rings (SSSR count). The van der Waals surface area contributed by atoms with Crippen LogP contribution in [-0.2, 0) is 9.47 Å². The van der Waals surface area contributed by atoms with Gasteiger partial charge in [0.05, 0.1) is 11.7 Å². The van der Waals surface area contributed by atoms with Crippen molar-refractivity contribution in [3.8, 4) is 0 Å². The first-order chi connectivity index (χ1) is 6.37. The zero-order valence-corrected chi connectivity index (χ0v) is 9.72. The van der Waals surface area contributed by atoms with E-state index in [2.05, 4.69) is 5.32 Å². The third-order valence-electron chi connectivity index (χ3n) is 1.54. The van der Waals surface area contributed by atoms with E-state index in [1.165, 1.54) is 0 Å². The van der Waals surface area contributed by atoms with Crippen molar-refractivity contribution in [2.45, 2.75) is 46.3 Å². The summed E-state index contributed by atoms with van der Waals surface area (Å²) < 4.78 is 10.3. The molecule has 0 spiro atoms. The van der Waals surface area contributed by atoms with Crippen LogP contribution in [0.5, 0.6) is 0 Å². The smallest absolute Gasteiger partial charge is 0.407 e. The van der Waals surface area contributed by atoms with E-state index in [0.717, 1.165) is 0 Å². The summed E-state index contributed by atoms with van der Waals surface area (Å²) in [4.78, 5) is 11.1. The van der Waals surface area contributed by atoms with Crippen LogP contribution in [0.4, 0.5) is 4.79 Å². The number of hydrogen-bond donors (Lipinski definition) is 1. The van der Waals surface area contributed by atoms with Gasteiger partial charge in [-0.15, -0.1) is 0 Å². The third kappa shape index (κ3) is 6.71. The van der Waals surface area contributed by atoms with Crippen LogP contribution in [-0.4, -0.2) is 30.9 Å². The Bertz CT molecular complexity index is 178. The third-order valence-corrected chi connectivity index (χ3v) is 1.54. The monoisotopic (exact) mass is 203 g/mol. The van der Waals surface area contributed by atoms with E-state index in [1.807, 2.05) is 34.6 Å². The van der Waals surface area contributed by atoms with Crippen LogP contribution in [0.1, 0.15) is 34.6 Å². The molecule has 0 aromatic carbocycles. The molecule has 0 aliphatic heterocycles. The second kappa shape index (κ2) is 5.86. The van der Waals surface area contributed by atoms with Crippen LogP contribution < -0.4 is 5.32 Å². The maximum atomic E-state index is 11.1. The predicted octanol–water partition coefficient (Wildman–Crippen LogP) is 1.94. The molecule has 0 saturated carbocycles. The lowest BCUT2D eigenvalue weighted by Crippen LogP contribution is -2.41.